The lowest BCUT2D eigenvalue weighted by atomic mass is 9.96. The molecule has 0 aliphatic heterocycles. The Hall–Kier alpha value is -2.66. The molecule has 0 spiro atoms. The van der Waals surface area contributed by atoms with Gasteiger partial charge in [0.05, 0.1) is 12.3 Å². The van der Waals surface area contributed by atoms with Gasteiger partial charge in [0.2, 0.25) is 0 Å². The zero-order valence-electron chi connectivity index (χ0n) is 12.7. The number of carbonyl (C=O) groups is 2. The molecule has 0 amide bonds. The van der Waals surface area contributed by atoms with Crippen LogP contribution in [0, 0.1) is 5.92 Å². The van der Waals surface area contributed by atoms with E-state index >= 15 is 0 Å². The lowest BCUT2D eigenvalue weighted by molar-refractivity contribution is -0.156. The van der Waals surface area contributed by atoms with Crippen LogP contribution in [-0.2, 0) is 32.2 Å². The fourth-order valence-corrected chi connectivity index (χ4v) is 2.23. The second kappa shape index (κ2) is 8.70. The summed E-state index contributed by atoms with van der Waals surface area (Å²) < 4.78 is 5.20. The highest BCUT2D eigenvalue weighted by atomic mass is 16.7. The number of benzene rings is 2. The van der Waals surface area contributed by atoms with Crippen molar-refractivity contribution in [1.29, 1.82) is 0 Å². The molecule has 5 heteroatoms. The highest BCUT2D eigenvalue weighted by molar-refractivity contribution is 5.80. The Balaban J connectivity index is 1.91. The van der Waals surface area contributed by atoms with Crippen LogP contribution in [0.1, 0.15) is 17.5 Å². The number of carbonyl (C=O) groups excluding carboxylic acids is 2. The van der Waals surface area contributed by atoms with Gasteiger partial charge in [0, 0.05) is 0 Å². The van der Waals surface area contributed by atoms with E-state index in [1.807, 2.05) is 60.7 Å². The minimum absolute atomic E-state index is 0.0717. The van der Waals surface area contributed by atoms with Crippen LogP contribution in [0.3, 0.4) is 0 Å². The molecule has 0 aromatic heterocycles. The fourth-order valence-electron chi connectivity index (χ4n) is 2.23. The Morgan fingerprint density at radius 2 is 1.48 bits per heavy atom. The third-order valence-electron chi connectivity index (χ3n) is 3.43. The van der Waals surface area contributed by atoms with Gasteiger partial charge in [0.1, 0.15) is 6.61 Å². The topological polar surface area (TPSA) is 78.6 Å². The lowest BCUT2D eigenvalue weighted by Crippen LogP contribution is -2.26. The van der Waals surface area contributed by atoms with Gasteiger partial charge in [-0.3, -0.25) is 9.59 Å². The summed E-state index contributed by atoms with van der Waals surface area (Å²) in [5.74, 6) is 3.23. The predicted octanol–water partition coefficient (Wildman–Crippen LogP) is 2.40. The highest BCUT2D eigenvalue weighted by Crippen LogP contribution is 2.15. The molecular formula is C18H19NO4. The molecule has 0 aliphatic carbocycles. The second-order valence-electron chi connectivity index (χ2n) is 5.17. The van der Waals surface area contributed by atoms with E-state index < -0.39 is 17.9 Å². The molecule has 0 bridgehead atoms. The van der Waals surface area contributed by atoms with E-state index in [1.165, 1.54) is 0 Å². The van der Waals surface area contributed by atoms with Gasteiger partial charge in [-0.05, 0) is 17.5 Å². The van der Waals surface area contributed by atoms with Gasteiger partial charge in [0.15, 0.2) is 0 Å². The lowest BCUT2D eigenvalue weighted by Gasteiger charge is -2.13. The first kappa shape index (κ1) is 16.7. The molecule has 2 N–H and O–H groups in total. The molecule has 0 radical (unpaired) electrons. The molecule has 0 fully saturated rings. The molecule has 2 rings (SSSR count). The number of hydrogen-bond acceptors (Lipinski definition) is 5. The summed E-state index contributed by atoms with van der Waals surface area (Å²) in [5.41, 5.74) is 1.82. The van der Waals surface area contributed by atoms with Crippen LogP contribution in [0.2, 0.25) is 0 Å². The molecular weight excluding hydrogens is 294 g/mol. The standard InChI is InChI=1S/C18H19NO4/c19-23-18(21)16(11-14-7-3-1-4-8-14)12-17(20)22-13-15-9-5-2-6-10-15/h1-10,16H,11-13,19H2. The zero-order valence-corrected chi connectivity index (χ0v) is 12.7. The summed E-state index contributed by atoms with van der Waals surface area (Å²) in [6, 6.07) is 18.7. The Labute approximate surface area is 135 Å². The number of nitrogens with two attached hydrogens (primary N) is 1. The first-order chi connectivity index (χ1) is 11.2. The van der Waals surface area contributed by atoms with Gasteiger partial charge >= 0.3 is 11.9 Å². The van der Waals surface area contributed by atoms with Crippen molar-refractivity contribution in [2.45, 2.75) is 19.4 Å². The molecule has 0 saturated carbocycles. The number of rotatable bonds is 7. The third kappa shape index (κ3) is 5.56. The van der Waals surface area contributed by atoms with E-state index in [0.29, 0.717) is 6.42 Å². The van der Waals surface area contributed by atoms with Crippen molar-refractivity contribution in [3.8, 4) is 0 Å². The van der Waals surface area contributed by atoms with Crippen LogP contribution in [0.4, 0.5) is 0 Å². The van der Waals surface area contributed by atoms with Crippen LogP contribution in [0.5, 0.6) is 0 Å². The van der Waals surface area contributed by atoms with Crippen molar-refractivity contribution in [2.75, 3.05) is 0 Å². The zero-order chi connectivity index (χ0) is 16.5. The summed E-state index contributed by atoms with van der Waals surface area (Å²) in [6.07, 6.45) is 0.301. The van der Waals surface area contributed by atoms with Crippen LogP contribution in [-0.4, -0.2) is 11.9 Å². The first-order valence-electron chi connectivity index (χ1n) is 7.33. The predicted molar refractivity (Wildman–Crippen MR) is 84.8 cm³/mol. The maximum absolute atomic E-state index is 12.0. The van der Waals surface area contributed by atoms with E-state index in [0.717, 1.165) is 11.1 Å². The summed E-state index contributed by atoms with van der Waals surface area (Å²) >= 11 is 0. The second-order valence-corrected chi connectivity index (χ2v) is 5.17. The number of hydrogen-bond donors (Lipinski definition) is 1. The molecule has 0 aliphatic rings. The quantitative estimate of drug-likeness (QED) is 0.627. The first-order valence-corrected chi connectivity index (χ1v) is 7.33. The van der Waals surface area contributed by atoms with Crippen LogP contribution < -0.4 is 5.90 Å². The van der Waals surface area contributed by atoms with Gasteiger partial charge in [-0.15, -0.1) is 0 Å². The van der Waals surface area contributed by atoms with E-state index in [4.69, 9.17) is 10.6 Å². The Kier molecular flexibility index (Phi) is 6.32. The molecule has 2 aromatic rings. The van der Waals surface area contributed by atoms with Crippen LogP contribution >= 0.6 is 0 Å². The molecule has 1 atom stereocenters. The van der Waals surface area contributed by atoms with E-state index in [9.17, 15) is 9.59 Å². The Morgan fingerprint density at radius 1 is 0.913 bits per heavy atom. The molecule has 2 aromatic carbocycles. The Bertz CT molecular complexity index is 628. The van der Waals surface area contributed by atoms with Gasteiger partial charge in [-0.25, -0.2) is 0 Å². The summed E-state index contributed by atoms with van der Waals surface area (Å²) in [6.45, 7) is 0.176. The van der Waals surface area contributed by atoms with E-state index in [2.05, 4.69) is 4.84 Å². The van der Waals surface area contributed by atoms with Gasteiger partial charge in [0.25, 0.3) is 0 Å². The largest absolute Gasteiger partial charge is 0.461 e. The van der Waals surface area contributed by atoms with E-state index in [-0.39, 0.29) is 13.0 Å². The average Bonchev–Trinajstić information content (AvgIpc) is 2.60. The third-order valence-corrected chi connectivity index (χ3v) is 3.43. The van der Waals surface area contributed by atoms with Crippen molar-refractivity contribution < 1.29 is 19.2 Å². The van der Waals surface area contributed by atoms with E-state index in [1.54, 1.807) is 0 Å². The smallest absolute Gasteiger partial charge is 0.328 e. The molecule has 23 heavy (non-hydrogen) atoms. The highest BCUT2D eigenvalue weighted by Gasteiger charge is 2.24. The monoisotopic (exact) mass is 313 g/mol. The molecule has 0 heterocycles. The molecule has 0 saturated heterocycles. The number of esters is 1. The summed E-state index contributed by atoms with van der Waals surface area (Å²) in [4.78, 5) is 28.0. The van der Waals surface area contributed by atoms with Crippen molar-refractivity contribution in [2.24, 2.45) is 11.8 Å². The minimum atomic E-state index is -0.661. The van der Waals surface area contributed by atoms with Crippen molar-refractivity contribution in [3.05, 3.63) is 71.8 Å². The Morgan fingerprint density at radius 3 is 2.04 bits per heavy atom. The van der Waals surface area contributed by atoms with Gasteiger partial charge in [-0.2, -0.15) is 5.90 Å². The maximum Gasteiger partial charge on any atom is 0.328 e. The van der Waals surface area contributed by atoms with Crippen molar-refractivity contribution in [3.63, 3.8) is 0 Å². The van der Waals surface area contributed by atoms with Crippen LogP contribution in [0.15, 0.2) is 60.7 Å². The van der Waals surface area contributed by atoms with Gasteiger partial charge < -0.3 is 9.57 Å². The van der Waals surface area contributed by atoms with Crippen molar-refractivity contribution in [1.82, 2.24) is 0 Å². The number of ether oxygens (including phenoxy) is 1. The average molecular weight is 313 g/mol. The molecule has 120 valence electrons. The molecule has 1 unspecified atom stereocenters. The normalized spacial score (nSPS) is 11.5. The summed E-state index contributed by atoms with van der Waals surface area (Å²) in [7, 11) is 0. The molecule has 5 nitrogen and oxygen atoms in total. The van der Waals surface area contributed by atoms with Gasteiger partial charge in [-0.1, -0.05) is 60.7 Å². The van der Waals surface area contributed by atoms with Crippen LogP contribution in [0.25, 0.3) is 0 Å². The van der Waals surface area contributed by atoms with Crippen molar-refractivity contribution >= 4 is 11.9 Å². The summed E-state index contributed by atoms with van der Waals surface area (Å²) in [5, 5.41) is 0. The fraction of sp³-hybridized carbons (Fsp3) is 0.222. The SMILES string of the molecule is NOC(=O)C(CC(=O)OCc1ccccc1)Cc1ccccc1. The minimum Gasteiger partial charge on any atom is -0.461 e. The maximum atomic E-state index is 12.0.